The second kappa shape index (κ2) is 9.99. The van der Waals surface area contributed by atoms with E-state index in [0.29, 0.717) is 16.5 Å². The van der Waals surface area contributed by atoms with Crippen molar-refractivity contribution >= 4 is 40.9 Å². The first-order valence-electron chi connectivity index (χ1n) is 10.8. The standard InChI is InChI=1S/C25H27Cl2NO2S/c1-2-31-21-10-3-17(4-11-21)15-24(29)28-19-6-8-20(9-7-19)30-25(13-14-25)18-5-12-22(26)23(27)16-18/h3-6,10-12,16,20H,2,7-9,13-15H2,1H3,(H,28,29). The molecule has 0 saturated heterocycles. The number of nitrogens with one attached hydrogen (secondary N) is 1. The molecule has 164 valence electrons. The number of amides is 1. The predicted octanol–water partition coefficient (Wildman–Crippen LogP) is 6.91. The minimum Gasteiger partial charge on any atom is -0.367 e. The average molecular weight is 476 g/mol. The van der Waals surface area contributed by atoms with Gasteiger partial charge in [-0.25, -0.2) is 0 Å². The lowest BCUT2D eigenvalue weighted by Gasteiger charge is -2.28. The fourth-order valence-electron chi connectivity index (χ4n) is 4.00. The molecule has 0 aliphatic heterocycles. The van der Waals surface area contributed by atoms with Gasteiger partial charge in [0.2, 0.25) is 5.91 Å². The van der Waals surface area contributed by atoms with E-state index in [4.69, 9.17) is 27.9 Å². The highest BCUT2D eigenvalue weighted by atomic mass is 35.5. The zero-order valence-corrected chi connectivity index (χ0v) is 20.0. The maximum atomic E-state index is 12.4. The Bertz CT molecular complexity index is 970. The predicted molar refractivity (Wildman–Crippen MR) is 129 cm³/mol. The fourth-order valence-corrected chi connectivity index (χ4v) is 4.96. The van der Waals surface area contributed by atoms with Gasteiger partial charge in [0.1, 0.15) is 0 Å². The van der Waals surface area contributed by atoms with E-state index in [9.17, 15) is 4.79 Å². The van der Waals surface area contributed by atoms with Crippen LogP contribution in [0.1, 0.15) is 50.2 Å². The molecule has 2 aromatic rings. The van der Waals surface area contributed by atoms with Gasteiger partial charge in [-0.3, -0.25) is 4.79 Å². The normalized spacial score (nSPS) is 19.6. The first kappa shape index (κ1) is 22.7. The molecule has 3 nitrogen and oxygen atoms in total. The van der Waals surface area contributed by atoms with Gasteiger partial charge in [0.05, 0.1) is 28.2 Å². The molecule has 0 radical (unpaired) electrons. The van der Waals surface area contributed by atoms with Gasteiger partial charge in [0, 0.05) is 10.6 Å². The van der Waals surface area contributed by atoms with E-state index in [-0.39, 0.29) is 17.6 Å². The summed E-state index contributed by atoms with van der Waals surface area (Å²) in [5.41, 5.74) is 2.92. The summed E-state index contributed by atoms with van der Waals surface area (Å²) in [6.45, 7) is 2.14. The Kier molecular flexibility index (Phi) is 7.33. The van der Waals surface area contributed by atoms with E-state index < -0.39 is 0 Å². The third kappa shape index (κ3) is 5.87. The molecule has 1 saturated carbocycles. The molecule has 1 amide bonds. The van der Waals surface area contributed by atoms with Crippen LogP contribution in [0.2, 0.25) is 10.0 Å². The van der Waals surface area contributed by atoms with E-state index in [1.165, 1.54) is 4.90 Å². The molecule has 0 spiro atoms. The number of carbonyl (C=O) groups excluding carboxylic acids is 1. The van der Waals surface area contributed by atoms with Crippen LogP contribution < -0.4 is 5.32 Å². The van der Waals surface area contributed by atoms with Crippen LogP contribution >= 0.6 is 35.0 Å². The topological polar surface area (TPSA) is 38.3 Å². The molecular formula is C25H27Cl2NO2S. The molecule has 1 unspecified atom stereocenters. The maximum Gasteiger partial charge on any atom is 0.228 e. The first-order valence-corrected chi connectivity index (χ1v) is 12.6. The van der Waals surface area contributed by atoms with Crippen LogP contribution in [0.25, 0.3) is 0 Å². The first-order chi connectivity index (χ1) is 15.0. The summed E-state index contributed by atoms with van der Waals surface area (Å²) in [7, 11) is 0. The van der Waals surface area contributed by atoms with Gasteiger partial charge in [0.15, 0.2) is 0 Å². The molecule has 2 aliphatic rings. The van der Waals surface area contributed by atoms with Crippen LogP contribution in [0.3, 0.4) is 0 Å². The van der Waals surface area contributed by atoms with E-state index in [2.05, 4.69) is 30.4 Å². The number of hydrogen-bond donors (Lipinski definition) is 1. The van der Waals surface area contributed by atoms with Crippen LogP contribution in [0.4, 0.5) is 0 Å². The molecule has 2 aromatic carbocycles. The minimum absolute atomic E-state index is 0.0379. The number of benzene rings is 2. The largest absolute Gasteiger partial charge is 0.367 e. The lowest BCUT2D eigenvalue weighted by Crippen LogP contribution is -2.29. The molecule has 1 N–H and O–H groups in total. The van der Waals surface area contributed by atoms with Gasteiger partial charge in [-0.15, -0.1) is 11.8 Å². The third-order valence-electron chi connectivity index (χ3n) is 5.80. The van der Waals surface area contributed by atoms with E-state index in [1.807, 2.05) is 30.3 Å². The van der Waals surface area contributed by atoms with Crippen molar-refractivity contribution in [1.29, 1.82) is 0 Å². The molecule has 6 heteroatoms. The summed E-state index contributed by atoms with van der Waals surface area (Å²) in [5, 5.41) is 4.22. The second-order valence-electron chi connectivity index (χ2n) is 8.17. The van der Waals surface area contributed by atoms with Crippen molar-refractivity contribution < 1.29 is 9.53 Å². The van der Waals surface area contributed by atoms with Gasteiger partial charge >= 0.3 is 0 Å². The Labute approximate surface area is 198 Å². The summed E-state index contributed by atoms with van der Waals surface area (Å²) in [6.07, 6.45) is 7.20. The highest BCUT2D eigenvalue weighted by molar-refractivity contribution is 7.99. The second-order valence-corrected chi connectivity index (χ2v) is 10.3. The van der Waals surface area contributed by atoms with Gasteiger partial charge in [-0.05, 0) is 73.2 Å². The minimum atomic E-state index is -0.226. The van der Waals surface area contributed by atoms with Crippen molar-refractivity contribution in [2.45, 2.75) is 62.0 Å². The number of halogens is 2. The van der Waals surface area contributed by atoms with Crippen molar-refractivity contribution in [3.05, 3.63) is 75.4 Å². The van der Waals surface area contributed by atoms with E-state index in [0.717, 1.165) is 54.7 Å². The Balaban J connectivity index is 1.28. The van der Waals surface area contributed by atoms with Crippen molar-refractivity contribution in [3.8, 4) is 0 Å². The van der Waals surface area contributed by atoms with E-state index in [1.54, 1.807) is 11.8 Å². The van der Waals surface area contributed by atoms with E-state index >= 15 is 0 Å². The SMILES string of the molecule is CCSc1ccc(CC(=O)NC2=CCC(OC3(c4ccc(Cl)c(Cl)c4)CC3)CC2)cc1. The quantitative estimate of drug-likeness (QED) is 0.421. The number of carbonyl (C=O) groups is 1. The summed E-state index contributed by atoms with van der Waals surface area (Å²) in [6, 6.07) is 14.0. The zero-order chi connectivity index (χ0) is 21.8. The van der Waals surface area contributed by atoms with Gasteiger partial charge < -0.3 is 10.1 Å². The Morgan fingerprint density at radius 1 is 1.16 bits per heavy atom. The lowest BCUT2D eigenvalue weighted by atomic mass is 10.00. The highest BCUT2D eigenvalue weighted by Gasteiger charge is 2.47. The number of ether oxygens (including phenoxy) is 1. The lowest BCUT2D eigenvalue weighted by molar-refractivity contribution is -0.119. The monoisotopic (exact) mass is 475 g/mol. The fraction of sp³-hybridized carbons (Fsp3) is 0.400. The molecule has 0 aromatic heterocycles. The highest BCUT2D eigenvalue weighted by Crippen LogP contribution is 2.51. The van der Waals surface area contributed by atoms with Crippen LogP contribution in [-0.2, 0) is 21.6 Å². The maximum absolute atomic E-state index is 12.4. The Hall–Kier alpha value is -1.46. The molecule has 0 heterocycles. The Morgan fingerprint density at radius 2 is 1.94 bits per heavy atom. The van der Waals surface area contributed by atoms with Crippen LogP contribution in [0, 0.1) is 0 Å². The zero-order valence-electron chi connectivity index (χ0n) is 17.6. The molecule has 4 rings (SSSR count). The number of thioether (sulfide) groups is 1. The third-order valence-corrected chi connectivity index (χ3v) is 7.44. The van der Waals surface area contributed by atoms with Crippen molar-refractivity contribution in [2.75, 3.05) is 5.75 Å². The smallest absolute Gasteiger partial charge is 0.228 e. The summed E-state index contributed by atoms with van der Waals surface area (Å²) < 4.78 is 6.49. The molecule has 2 aliphatic carbocycles. The van der Waals surface area contributed by atoms with Crippen LogP contribution in [-0.4, -0.2) is 17.8 Å². The van der Waals surface area contributed by atoms with Gasteiger partial charge in [-0.2, -0.15) is 0 Å². The van der Waals surface area contributed by atoms with Gasteiger partial charge in [-0.1, -0.05) is 54.4 Å². The molecular weight excluding hydrogens is 449 g/mol. The molecule has 1 atom stereocenters. The number of rotatable bonds is 8. The molecule has 0 bridgehead atoms. The Morgan fingerprint density at radius 3 is 2.55 bits per heavy atom. The van der Waals surface area contributed by atoms with Crippen molar-refractivity contribution in [1.82, 2.24) is 5.32 Å². The van der Waals surface area contributed by atoms with Crippen LogP contribution in [0.5, 0.6) is 0 Å². The molecule has 1 fully saturated rings. The number of allylic oxidation sites excluding steroid dienone is 1. The number of hydrogen-bond acceptors (Lipinski definition) is 3. The van der Waals surface area contributed by atoms with Crippen molar-refractivity contribution in [3.63, 3.8) is 0 Å². The summed E-state index contributed by atoms with van der Waals surface area (Å²) in [5.74, 6) is 1.09. The van der Waals surface area contributed by atoms with Gasteiger partial charge in [0.25, 0.3) is 0 Å². The summed E-state index contributed by atoms with van der Waals surface area (Å²) in [4.78, 5) is 13.7. The van der Waals surface area contributed by atoms with Crippen LogP contribution in [0.15, 0.2) is 59.1 Å². The molecule has 31 heavy (non-hydrogen) atoms. The van der Waals surface area contributed by atoms with Crippen molar-refractivity contribution in [2.24, 2.45) is 0 Å². The average Bonchev–Trinajstić information content (AvgIpc) is 3.54. The summed E-state index contributed by atoms with van der Waals surface area (Å²) >= 11 is 14.1.